The van der Waals surface area contributed by atoms with Crippen LogP contribution in [0, 0.1) is 6.92 Å². The van der Waals surface area contributed by atoms with Crippen molar-refractivity contribution in [3.05, 3.63) is 60.2 Å². The van der Waals surface area contributed by atoms with Gasteiger partial charge < -0.3 is 15.4 Å². The molecule has 0 fully saturated rings. The Balaban J connectivity index is 1.65. The van der Waals surface area contributed by atoms with Gasteiger partial charge >= 0.3 is 6.09 Å². The van der Waals surface area contributed by atoms with Gasteiger partial charge in [0.1, 0.15) is 11.3 Å². The average Bonchev–Trinajstić information content (AvgIpc) is 3.12. The smallest absolute Gasteiger partial charge is 0.414 e. The molecule has 1 atom stereocenters. The largest absolute Gasteiger partial charge is 0.465 e. The highest BCUT2D eigenvalue weighted by molar-refractivity contribution is 7.92. The molecule has 0 bridgehead atoms. The Morgan fingerprint density at radius 2 is 1.89 bits per heavy atom. The quantitative estimate of drug-likeness (QED) is 0.431. The number of carbonyl (C=O) groups excluding carboxylic acids is 1. The monoisotopic (exact) mass is 501 g/mol. The van der Waals surface area contributed by atoms with E-state index in [1.165, 1.54) is 13.8 Å². The summed E-state index contributed by atoms with van der Waals surface area (Å²) in [5, 5.41) is 9.54. The second-order valence-corrected chi connectivity index (χ2v) is 11.9. The van der Waals surface area contributed by atoms with E-state index < -0.39 is 32.6 Å². The highest BCUT2D eigenvalue weighted by atomic mass is 32.2. The molecular weight excluding hydrogens is 470 g/mol. The first-order valence-corrected chi connectivity index (χ1v) is 12.9. The van der Waals surface area contributed by atoms with Gasteiger partial charge in [-0.15, -0.1) is 0 Å². The molecule has 2 amide bonds. The molecule has 0 aliphatic heterocycles. The Hall–Kier alpha value is -3.31. The lowest BCUT2D eigenvalue weighted by Gasteiger charge is -2.29. The maximum atomic E-state index is 13.2. The number of imide groups is 1. The number of amides is 2. The summed E-state index contributed by atoms with van der Waals surface area (Å²) in [6, 6.07) is 9.20. The second kappa shape index (κ2) is 10.5. The van der Waals surface area contributed by atoms with Crippen LogP contribution in [0.5, 0.6) is 0 Å². The molecular formula is C24H31N5O5S. The van der Waals surface area contributed by atoms with Gasteiger partial charge in [0.2, 0.25) is 5.91 Å². The van der Waals surface area contributed by atoms with Gasteiger partial charge in [0.05, 0.1) is 34.8 Å². The fourth-order valence-electron chi connectivity index (χ4n) is 4.02. The first-order chi connectivity index (χ1) is 16.4. The molecule has 10 nitrogen and oxygen atoms in total. The Morgan fingerprint density at radius 1 is 1.20 bits per heavy atom. The van der Waals surface area contributed by atoms with Crippen LogP contribution in [0.4, 0.5) is 4.79 Å². The summed E-state index contributed by atoms with van der Waals surface area (Å²) in [7, 11) is -3.66. The molecule has 0 aliphatic carbocycles. The molecule has 0 radical (unpaired) electrons. The summed E-state index contributed by atoms with van der Waals surface area (Å²) >= 11 is 0. The van der Waals surface area contributed by atoms with Gasteiger partial charge in [-0.1, -0.05) is 30.3 Å². The number of imidazole rings is 1. The zero-order valence-electron chi connectivity index (χ0n) is 20.1. The molecule has 0 saturated carbocycles. The minimum atomic E-state index is -3.66. The minimum absolute atomic E-state index is 0.113. The van der Waals surface area contributed by atoms with E-state index in [0.717, 1.165) is 16.9 Å². The number of rotatable bonds is 10. The van der Waals surface area contributed by atoms with Crippen LogP contribution in [0.3, 0.4) is 0 Å². The van der Waals surface area contributed by atoms with E-state index in [-0.39, 0.29) is 18.7 Å². The number of hydrogen-bond donors (Lipinski definition) is 2. The van der Waals surface area contributed by atoms with Crippen molar-refractivity contribution in [1.82, 2.24) is 19.4 Å². The third-order valence-corrected chi connectivity index (χ3v) is 8.76. The number of sulfone groups is 1. The molecule has 3 aromatic rings. The number of nitrogens with zero attached hydrogens (tertiary/aromatic N) is 4. The van der Waals surface area contributed by atoms with E-state index in [0.29, 0.717) is 23.4 Å². The molecule has 3 N–H and O–H groups in total. The zero-order valence-corrected chi connectivity index (χ0v) is 20.9. The van der Waals surface area contributed by atoms with E-state index in [1.807, 2.05) is 17.6 Å². The molecule has 0 spiro atoms. The minimum Gasteiger partial charge on any atom is -0.465 e. The number of aromatic nitrogens is 3. The summed E-state index contributed by atoms with van der Waals surface area (Å²) in [5.74, 6) is -0.180. The Kier molecular flexibility index (Phi) is 7.91. The van der Waals surface area contributed by atoms with Crippen LogP contribution >= 0.6 is 0 Å². The first-order valence-electron chi connectivity index (χ1n) is 11.3. The lowest BCUT2D eigenvalue weighted by Crippen LogP contribution is -2.50. The average molecular weight is 502 g/mol. The SMILES string of the molecule is Cc1nc2cnccc2n1CCCS(=O)(=O)C(C)(C)C[C@H](N)C(=O)N(Cc1ccccc1)C(=O)O. The van der Waals surface area contributed by atoms with Gasteiger partial charge in [-0.3, -0.25) is 9.78 Å². The maximum absolute atomic E-state index is 13.2. The number of fused-ring (bicyclic) bond motifs is 1. The number of nitrogens with two attached hydrogens (primary N) is 1. The summed E-state index contributed by atoms with van der Waals surface area (Å²) < 4.78 is 26.9. The highest BCUT2D eigenvalue weighted by Crippen LogP contribution is 2.25. The van der Waals surface area contributed by atoms with Gasteiger partial charge in [0.15, 0.2) is 9.84 Å². The van der Waals surface area contributed by atoms with Gasteiger partial charge in [0.25, 0.3) is 0 Å². The lowest BCUT2D eigenvalue weighted by atomic mass is 10.0. The number of aryl methyl sites for hydroxylation is 2. The molecule has 11 heteroatoms. The molecule has 188 valence electrons. The van der Waals surface area contributed by atoms with Crippen LogP contribution in [0.1, 0.15) is 38.1 Å². The predicted molar refractivity (Wildman–Crippen MR) is 132 cm³/mol. The van der Waals surface area contributed by atoms with E-state index in [9.17, 15) is 23.1 Å². The van der Waals surface area contributed by atoms with Crippen molar-refractivity contribution in [2.75, 3.05) is 5.75 Å². The van der Waals surface area contributed by atoms with E-state index in [4.69, 9.17) is 5.73 Å². The number of hydrogen-bond acceptors (Lipinski definition) is 7. The van der Waals surface area contributed by atoms with Crippen molar-refractivity contribution >= 4 is 32.9 Å². The third-order valence-electron chi connectivity index (χ3n) is 6.09. The van der Waals surface area contributed by atoms with Crippen molar-refractivity contribution in [2.45, 2.75) is 57.5 Å². The normalized spacial score (nSPS) is 13.0. The van der Waals surface area contributed by atoms with Crippen LogP contribution in [0.2, 0.25) is 0 Å². The number of carboxylic acid groups (broad SMARTS) is 1. The highest BCUT2D eigenvalue weighted by Gasteiger charge is 2.39. The van der Waals surface area contributed by atoms with E-state index in [2.05, 4.69) is 9.97 Å². The summed E-state index contributed by atoms with van der Waals surface area (Å²) in [6.07, 6.45) is 2.03. The van der Waals surface area contributed by atoms with Crippen molar-refractivity contribution in [3.8, 4) is 0 Å². The molecule has 2 aromatic heterocycles. The molecule has 35 heavy (non-hydrogen) atoms. The molecule has 2 heterocycles. The van der Waals surface area contributed by atoms with Crippen molar-refractivity contribution in [2.24, 2.45) is 5.73 Å². The van der Waals surface area contributed by atoms with Crippen molar-refractivity contribution in [1.29, 1.82) is 0 Å². The van der Waals surface area contributed by atoms with Gasteiger partial charge in [-0.2, -0.15) is 0 Å². The van der Waals surface area contributed by atoms with Gasteiger partial charge in [0, 0.05) is 12.7 Å². The van der Waals surface area contributed by atoms with Crippen molar-refractivity contribution in [3.63, 3.8) is 0 Å². The Labute approximate surface area is 204 Å². The molecule has 0 unspecified atom stereocenters. The first kappa shape index (κ1) is 26.3. The molecule has 3 rings (SSSR count). The van der Waals surface area contributed by atoms with Gasteiger partial charge in [-0.25, -0.2) is 23.1 Å². The standard InChI is InChI=1S/C24H31N5O5S/c1-17-27-20-15-26-11-10-21(20)28(17)12-7-13-35(33,34)24(2,3)14-19(25)22(30)29(23(31)32)16-18-8-5-4-6-9-18/h4-6,8-11,15,19H,7,12-14,16,25H2,1-3H3,(H,31,32)/t19-/m0/s1. The molecule has 0 saturated heterocycles. The van der Waals surface area contributed by atoms with E-state index >= 15 is 0 Å². The number of pyridine rings is 1. The van der Waals surface area contributed by atoms with Crippen LogP contribution < -0.4 is 5.73 Å². The maximum Gasteiger partial charge on any atom is 0.414 e. The van der Waals surface area contributed by atoms with Crippen LogP contribution in [-0.2, 0) is 27.7 Å². The second-order valence-electron chi connectivity index (χ2n) is 9.11. The fraction of sp³-hybridized carbons (Fsp3) is 0.417. The predicted octanol–water partition coefficient (Wildman–Crippen LogP) is 2.75. The molecule has 1 aromatic carbocycles. The van der Waals surface area contributed by atoms with Crippen molar-refractivity contribution < 1.29 is 23.1 Å². The summed E-state index contributed by atoms with van der Waals surface area (Å²) in [4.78, 5) is 33.7. The van der Waals surface area contributed by atoms with E-state index in [1.54, 1.807) is 42.7 Å². The topological polar surface area (TPSA) is 148 Å². The third kappa shape index (κ3) is 6.04. The van der Waals surface area contributed by atoms with Crippen LogP contribution in [0.15, 0.2) is 48.8 Å². The Morgan fingerprint density at radius 3 is 2.54 bits per heavy atom. The fourth-order valence-corrected chi connectivity index (χ4v) is 5.52. The summed E-state index contributed by atoms with van der Waals surface area (Å²) in [5.41, 5.74) is 8.30. The number of carbonyl (C=O) groups is 2. The van der Waals surface area contributed by atoms with Crippen LogP contribution in [0.25, 0.3) is 11.0 Å². The Bertz CT molecular complexity index is 1300. The van der Waals surface area contributed by atoms with Gasteiger partial charge in [-0.05, 0) is 45.2 Å². The number of benzene rings is 1. The van der Waals surface area contributed by atoms with Crippen LogP contribution in [-0.4, -0.2) is 61.5 Å². The molecule has 0 aliphatic rings. The zero-order chi connectivity index (χ0) is 25.8. The lowest BCUT2D eigenvalue weighted by molar-refractivity contribution is -0.131. The summed E-state index contributed by atoms with van der Waals surface area (Å²) in [6.45, 7) is 5.18.